The number of halogens is 1. The number of nitrogens with zero attached hydrogens (tertiary/aromatic N) is 1. The van der Waals surface area contributed by atoms with Gasteiger partial charge in [-0.1, -0.05) is 6.92 Å². The number of anilines is 1. The summed E-state index contributed by atoms with van der Waals surface area (Å²) in [6.07, 6.45) is 1.77. The fourth-order valence-corrected chi connectivity index (χ4v) is 2.15. The zero-order valence-corrected chi connectivity index (χ0v) is 11.5. The van der Waals surface area contributed by atoms with E-state index in [1.165, 1.54) is 0 Å². The van der Waals surface area contributed by atoms with Gasteiger partial charge in [0, 0.05) is 17.0 Å². The minimum absolute atomic E-state index is 0. The SMILES string of the molecule is CC(C(=O)Nc1ccc2cn[nH]c2c1)C1CNC1.Cl. The van der Waals surface area contributed by atoms with Crippen LogP contribution in [0.5, 0.6) is 0 Å². The molecule has 5 nitrogen and oxygen atoms in total. The third kappa shape index (κ3) is 2.72. The summed E-state index contributed by atoms with van der Waals surface area (Å²) in [4.78, 5) is 12.1. The van der Waals surface area contributed by atoms with Gasteiger partial charge in [0.15, 0.2) is 0 Å². The van der Waals surface area contributed by atoms with Gasteiger partial charge in [0.2, 0.25) is 5.91 Å². The third-order valence-corrected chi connectivity index (χ3v) is 3.64. The molecule has 1 aromatic heterocycles. The average Bonchev–Trinajstić information content (AvgIpc) is 2.73. The quantitative estimate of drug-likeness (QED) is 0.803. The first-order valence-corrected chi connectivity index (χ1v) is 6.19. The zero-order valence-electron chi connectivity index (χ0n) is 10.6. The molecule has 0 bridgehead atoms. The Morgan fingerprint density at radius 1 is 1.47 bits per heavy atom. The molecule has 1 saturated heterocycles. The van der Waals surface area contributed by atoms with Crippen molar-refractivity contribution in [1.82, 2.24) is 15.5 Å². The van der Waals surface area contributed by atoms with Crippen LogP contribution in [0.4, 0.5) is 5.69 Å². The third-order valence-electron chi connectivity index (χ3n) is 3.64. The van der Waals surface area contributed by atoms with Crippen LogP contribution in [0.2, 0.25) is 0 Å². The lowest BCUT2D eigenvalue weighted by Gasteiger charge is -2.31. The average molecular weight is 281 g/mol. The monoisotopic (exact) mass is 280 g/mol. The Hall–Kier alpha value is -1.59. The van der Waals surface area contributed by atoms with Crippen LogP contribution in [-0.4, -0.2) is 29.2 Å². The highest BCUT2D eigenvalue weighted by Crippen LogP contribution is 2.20. The van der Waals surface area contributed by atoms with E-state index in [2.05, 4.69) is 20.8 Å². The molecule has 0 radical (unpaired) electrons. The van der Waals surface area contributed by atoms with Crippen LogP contribution in [0.1, 0.15) is 6.92 Å². The van der Waals surface area contributed by atoms with Crippen molar-refractivity contribution in [2.24, 2.45) is 11.8 Å². The molecule has 102 valence electrons. The van der Waals surface area contributed by atoms with E-state index in [1.54, 1.807) is 6.20 Å². The number of carbonyl (C=O) groups is 1. The van der Waals surface area contributed by atoms with Crippen molar-refractivity contribution in [2.75, 3.05) is 18.4 Å². The molecule has 1 aromatic carbocycles. The Balaban J connectivity index is 0.00000133. The fourth-order valence-electron chi connectivity index (χ4n) is 2.15. The molecule has 3 N–H and O–H groups in total. The highest BCUT2D eigenvalue weighted by atomic mass is 35.5. The number of H-pyrrole nitrogens is 1. The number of fused-ring (bicyclic) bond motifs is 1. The van der Waals surface area contributed by atoms with Gasteiger partial charge in [0.05, 0.1) is 11.7 Å². The van der Waals surface area contributed by atoms with Gasteiger partial charge in [-0.05, 0) is 37.2 Å². The molecule has 1 aliphatic heterocycles. The lowest BCUT2D eigenvalue weighted by molar-refractivity contribution is -0.121. The first-order chi connectivity index (χ1) is 8.74. The van der Waals surface area contributed by atoms with Crippen LogP contribution in [0, 0.1) is 11.8 Å². The van der Waals surface area contributed by atoms with Gasteiger partial charge in [-0.15, -0.1) is 12.4 Å². The topological polar surface area (TPSA) is 69.8 Å². The van der Waals surface area contributed by atoms with Crippen molar-refractivity contribution < 1.29 is 4.79 Å². The van der Waals surface area contributed by atoms with Gasteiger partial charge < -0.3 is 10.6 Å². The standard InChI is InChI=1S/C13H16N4O.ClH/c1-8(10-5-14-6-10)13(18)16-11-3-2-9-7-15-17-12(9)4-11;/h2-4,7-8,10,14H,5-6H2,1H3,(H,15,17)(H,16,18);1H. The predicted octanol–water partition coefficient (Wildman–Crippen LogP) is 1.78. The van der Waals surface area contributed by atoms with E-state index in [9.17, 15) is 4.79 Å². The van der Waals surface area contributed by atoms with Gasteiger partial charge in [0.1, 0.15) is 0 Å². The van der Waals surface area contributed by atoms with Crippen molar-refractivity contribution in [3.05, 3.63) is 24.4 Å². The molecule has 1 unspecified atom stereocenters. The van der Waals surface area contributed by atoms with Crippen LogP contribution >= 0.6 is 12.4 Å². The normalized spacial score (nSPS) is 16.5. The molecule has 0 aliphatic carbocycles. The minimum Gasteiger partial charge on any atom is -0.326 e. The lowest BCUT2D eigenvalue weighted by atomic mass is 9.88. The Morgan fingerprint density at radius 2 is 2.26 bits per heavy atom. The lowest BCUT2D eigenvalue weighted by Crippen LogP contribution is -2.48. The highest BCUT2D eigenvalue weighted by molar-refractivity contribution is 5.94. The van der Waals surface area contributed by atoms with Crippen LogP contribution < -0.4 is 10.6 Å². The summed E-state index contributed by atoms with van der Waals surface area (Å²) in [5.74, 6) is 0.588. The summed E-state index contributed by atoms with van der Waals surface area (Å²) in [5, 5.41) is 14.0. The number of hydrogen-bond acceptors (Lipinski definition) is 3. The maximum Gasteiger partial charge on any atom is 0.227 e. The van der Waals surface area contributed by atoms with Crippen molar-refractivity contribution in [2.45, 2.75) is 6.92 Å². The number of benzene rings is 1. The Kier molecular flexibility index (Phi) is 4.07. The van der Waals surface area contributed by atoms with Crippen LogP contribution in [0.25, 0.3) is 10.9 Å². The zero-order chi connectivity index (χ0) is 12.5. The smallest absolute Gasteiger partial charge is 0.227 e. The molecule has 0 spiro atoms. The van der Waals surface area contributed by atoms with Gasteiger partial charge in [-0.2, -0.15) is 5.10 Å². The molecular weight excluding hydrogens is 264 g/mol. The Bertz CT molecular complexity index is 579. The molecule has 3 rings (SSSR count). The second kappa shape index (κ2) is 5.59. The fraction of sp³-hybridized carbons (Fsp3) is 0.385. The van der Waals surface area contributed by atoms with Gasteiger partial charge in [-0.25, -0.2) is 0 Å². The number of nitrogens with one attached hydrogen (secondary N) is 3. The largest absolute Gasteiger partial charge is 0.326 e. The Labute approximate surface area is 117 Å². The first-order valence-electron chi connectivity index (χ1n) is 6.19. The second-order valence-electron chi connectivity index (χ2n) is 4.87. The summed E-state index contributed by atoms with van der Waals surface area (Å²) in [6, 6.07) is 5.76. The van der Waals surface area contributed by atoms with Gasteiger partial charge >= 0.3 is 0 Å². The van der Waals surface area contributed by atoms with E-state index in [1.807, 2.05) is 25.1 Å². The van der Waals surface area contributed by atoms with Crippen molar-refractivity contribution in [1.29, 1.82) is 0 Å². The molecule has 1 aliphatic rings. The number of amides is 1. The van der Waals surface area contributed by atoms with Crippen LogP contribution in [0.3, 0.4) is 0 Å². The highest BCUT2D eigenvalue weighted by Gasteiger charge is 2.28. The summed E-state index contributed by atoms with van der Waals surface area (Å²) in [5.41, 5.74) is 1.75. The van der Waals surface area contributed by atoms with E-state index in [0.717, 1.165) is 29.7 Å². The molecule has 1 amide bonds. The van der Waals surface area contributed by atoms with Crippen molar-refractivity contribution in [3.63, 3.8) is 0 Å². The number of aromatic amines is 1. The minimum atomic E-state index is 0. The number of carbonyl (C=O) groups excluding carboxylic acids is 1. The number of hydrogen-bond donors (Lipinski definition) is 3. The second-order valence-corrected chi connectivity index (χ2v) is 4.87. The molecule has 1 fully saturated rings. The van der Waals surface area contributed by atoms with Gasteiger partial charge in [-0.3, -0.25) is 9.89 Å². The molecule has 0 saturated carbocycles. The molecule has 2 heterocycles. The predicted molar refractivity (Wildman–Crippen MR) is 77.5 cm³/mol. The van der Waals surface area contributed by atoms with Crippen molar-refractivity contribution in [3.8, 4) is 0 Å². The number of rotatable bonds is 3. The molecule has 1 atom stereocenters. The summed E-state index contributed by atoms with van der Waals surface area (Å²) >= 11 is 0. The summed E-state index contributed by atoms with van der Waals surface area (Å²) in [7, 11) is 0. The van der Waals surface area contributed by atoms with Crippen LogP contribution in [-0.2, 0) is 4.79 Å². The molecular formula is C13H17ClN4O. The maximum atomic E-state index is 12.1. The molecule has 2 aromatic rings. The van der Waals surface area contributed by atoms with E-state index in [4.69, 9.17) is 0 Å². The van der Waals surface area contributed by atoms with Crippen molar-refractivity contribution >= 4 is 34.9 Å². The van der Waals surface area contributed by atoms with E-state index in [0.29, 0.717) is 5.92 Å². The molecule has 6 heteroatoms. The maximum absolute atomic E-state index is 12.1. The van der Waals surface area contributed by atoms with E-state index >= 15 is 0 Å². The summed E-state index contributed by atoms with van der Waals surface area (Å²) in [6.45, 7) is 3.86. The van der Waals surface area contributed by atoms with Gasteiger partial charge in [0.25, 0.3) is 0 Å². The number of aromatic nitrogens is 2. The molecule has 19 heavy (non-hydrogen) atoms. The first kappa shape index (κ1) is 13.8. The van der Waals surface area contributed by atoms with Crippen LogP contribution in [0.15, 0.2) is 24.4 Å². The van der Waals surface area contributed by atoms with E-state index in [-0.39, 0.29) is 24.2 Å². The van der Waals surface area contributed by atoms with E-state index < -0.39 is 0 Å². The Morgan fingerprint density at radius 3 is 2.95 bits per heavy atom. The summed E-state index contributed by atoms with van der Waals surface area (Å²) < 4.78 is 0.